The van der Waals surface area contributed by atoms with Crippen molar-refractivity contribution < 1.29 is 19.0 Å². The minimum absolute atomic E-state index is 0.0992. The average molecular weight is 484 g/mol. The third-order valence-corrected chi connectivity index (χ3v) is 6.47. The fourth-order valence-electron chi connectivity index (χ4n) is 4.04. The number of ketones is 1. The fourth-order valence-corrected chi connectivity index (χ4v) is 4.18. The number of alkyl halides is 1. The summed E-state index contributed by atoms with van der Waals surface area (Å²) in [5, 5.41) is 14.0. The van der Waals surface area contributed by atoms with Gasteiger partial charge in [0.2, 0.25) is 0 Å². The Labute approximate surface area is 198 Å². The molecular weight excluding hydrogens is 449 g/mol. The molecule has 4 atom stereocenters. The Hall–Kier alpha value is -2.07. The van der Waals surface area contributed by atoms with Crippen molar-refractivity contribution in [2.45, 2.75) is 89.6 Å². The van der Waals surface area contributed by atoms with Crippen LogP contribution >= 0.6 is 12.2 Å². The van der Waals surface area contributed by atoms with E-state index in [1.165, 1.54) is 6.20 Å². The van der Waals surface area contributed by atoms with Crippen LogP contribution in [-0.4, -0.2) is 45.9 Å². The van der Waals surface area contributed by atoms with E-state index in [2.05, 4.69) is 15.0 Å². The number of azide groups is 1. The third-order valence-electron chi connectivity index (χ3n) is 6.05. The highest BCUT2D eigenvalue weighted by molar-refractivity contribution is 7.71. The SMILES string of the molecule is Cc1cn(C(O)[C@H]2OC[C@@H](C(=O)CCCCCCCCCCCN=[N+]=[N-])[C@@H]2F)c(=O)[nH]c1=S. The van der Waals surface area contributed by atoms with E-state index in [1.807, 2.05) is 0 Å². The lowest BCUT2D eigenvalue weighted by Gasteiger charge is -2.22. The molecule has 33 heavy (non-hydrogen) atoms. The van der Waals surface area contributed by atoms with E-state index in [1.54, 1.807) is 6.92 Å². The number of hydrogen-bond acceptors (Lipinski definition) is 6. The van der Waals surface area contributed by atoms with Crippen LogP contribution in [0.1, 0.15) is 76.0 Å². The quantitative estimate of drug-likeness (QED) is 0.121. The molecule has 9 nitrogen and oxygen atoms in total. The number of rotatable bonds is 15. The second kappa shape index (κ2) is 14.2. The highest BCUT2D eigenvalue weighted by Gasteiger charge is 2.45. The highest BCUT2D eigenvalue weighted by Crippen LogP contribution is 2.31. The third kappa shape index (κ3) is 8.33. The standard InChI is InChI=1S/C22H34FN5O4S/c1-15-13-28(22(31)26-20(15)33)21(30)19-18(23)16(14-32-19)17(29)11-9-7-5-3-2-4-6-8-10-12-25-27-24/h13,16,18-19,21,30H,2-12,14H2,1H3,(H,26,31,33)/t16-,18-,19-,21?/m0/s1. The first-order valence-electron chi connectivity index (χ1n) is 11.7. The topological polar surface area (TPSA) is 133 Å². The molecule has 1 aliphatic heterocycles. The minimum Gasteiger partial charge on any atom is -0.370 e. The van der Waals surface area contributed by atoms with Gasteiger partial charge < -0.3 is 9.84 Å². The molecule has 0 radical (unpaired) electrons. The predicted molar refractivity (Wildman–Crippen MR) is 125 cm³/mol. The Bertz CT molecular complexity index is 930. The molecule has 0 aliphatic carbocycles. The van der Waals surface area contributed by atoms with Gasteiger partial charge in [0.15, 0.2) is 6.23 Å². The van der Waals surface area contributed by atoms with Crippen molar-refractivity contribution in [3.63, 3.8) is 0 Å². The summed E-state index contributed by atoms with van der Waals surface area (Å²) in [6, 6.07) is 0. The lowest BCUT2D eigenvalue weighted by atomic mass is 9.94. The van der Waals surface area contributed by atoms with Gasteiger partial charge in [0.25, 0.3) is 0 Å². The van der Waals surface area contributed by atoms with Gasteiger partial charge in [-0.3, -0.25) is 14.3 Å². The maximum atomic E-state index is 14.9. The molecule has 1 aromatic rings. The molecule has 184 valence electrons. The van der Waals surface area contributed by atoms with Crippen molar-refractivity contribution in [3.8, 4) is 0 Å². The summed E-state index contributed by atoms with van der Waals surface area (Å²) in [6.07, 6.45) is 6.31. The van der Waals surface area contributed by atoms with Crippen molar-refractivity contribution in [2.24, 2.45) is 11.0 Å². The van der Waals surface area contributed by atoms with E-state index < -0.39 is 30.1 Å². The second-order valence-electron chi connectivity index (χ2n) is 8.59. The van der Waals surface area contributed by atoms with Crippen molar-refractivity contribution in [1.82, 2.24) is 9.55 Å². The number of aliphatic hydroxyl groups excluding tert-OH is 1. The average Bonchev–Trinajstić information content (AvgIpc) is 3.17. The second-order valence-corrected chi connectivity index (χ2v) is 9.00. The number of nitrogens with zero attached hydrogens (tertiary/aromatic N) is 4. The molecule has 2 rings (SSSR count). The molecule has 1 fully saturated rings. The van der Waals surface area contributed by atoms with E-state index in [4.69, 9.17) is 22.5 Å². The number of carbonyl (C=O) groups is 1. The molecule has 2 heterocycles. The van der Waals surface area contributed by atoms with Crippen LogP contribution < -0.4 is 5.69 Å². The van der Waals surface area contributed by atoms with Crippen LogP contribution in [0.3, 0.4) is 0 Å². The van der Waals surface area contributed by atoms with Gasteiger partial charge in [-0.2, -0.15) is 0 Å². The van der Waals surface area contributed by atoms with E-state index in [9.17, 15) is 19.1 Å². The number of carbonyl (C=O) groups excluding carboxylic acids is 1. The summed E-state index contributed by atoms with van der Waals surface area (Å²) in [4.78, 5) is 29.7. The van der Waals surface area contributed by atoms with Crippen molar-refractivity contribution in [1.29, 1.82) is 0 Å². The van der Waals surface area contributed by atoms with Crippen molar-refractivity contribution in [3.05, 3.63) is 37.3 Å². The van der Waals surface area contributed by atoms with Crippen molar-refractivity contribution >= 4 is 18.0 Å². The lowest BCUT2D eigenvalue weighted by molar-refractivity contribution is -0.124. The number of halogens is 1. The molecule has 0 spiro atoms. The number of H-pyrrole nitrogens is 1. The molecule has 11 heteroatoms. The van der Waals surface area contributed by atoms with Crippen LogP contribution in [0.5, 0.6) is 0 Å². The number of nitrogens with one attached hydrogen (secondary N) is 1. The molecule has 1 aromatic heterocycles. The lowest BCUT2D eigenvalue weighted by Crippen LogP contribution is -2.39. The van der Waals surface area contributed by atoms with Gasteiger partial charge in [0, 0.05) is 29.6 Å². The van der Waals surface area contributed by atoms with Crippen LogP contribution in [0.2, 0.25) is 0 Å². The van der Waals surface area contributed by atoms with E-state index in [0.29, 0.717) is 18.5 Å². The zero-order valence-corrected chi connectivity index (χ0v) is 19.9. The number of aromatic amines is 1. The molecule has 1 saturated heterocycles. The smallest absolute Gasteiger partial charge is 0.328 e. The summed E-state index contributed by atoms with van der Waals surface area (Å²) in [5.41, 5.74) is 8.12. The molecule has 0 saturated carbocycles. The zero-order valence-electron chi connectivity index (χ0n) is 19.1. The van der Waals surface area contributed by atoms with E-state index in [-0.39, 0.29) is 23.5 Å². The highest BCUT2D eigenvalue weighted by atomic mass is 32.1. The molecule has 1 unspecified atom stereocenters. The van der Waals surface area contributed by atoms with Gasteiger partial charge in [-0.15, -0.1) is 0 Å². The summed E-state index contributed by atoms with van der Waals surface area (Å²) < 4.78 is 21.5. The first-order valence-corrected chi connectivity index (χ1v) is 12.1. The van der Waals surface area contributed by atoms with Gasteiger partial charge >= 0.3 is 5.69 Å². The maximum absolute atomic E-state index is 14.9. The largest absolute Gasteiger partial charge is 0.370 e. The van der Waals surface area contributed by atoms with Gasteiger partial charge in [0.1, 0.15) is 22.7 Å². The van der Waals surface area contributed by atoms with Gasteiger partial charge in [-0.05, 0) is 25.3 Å². The Kier molecular flexibility index (Phi) is 11.7. The summed E-state index contributed by atoms with van der Waals surface area (Å²) >= 11 is 4.99. The van der Waals surface area contributed by atoms with Gasteiger partial charge in [-0.25, -0.2) is 9.18 Å². The summed E-state index contributed by atoms with van der Waals surface area (Å²) in [6.45, 7) is 2.14. The minimum atomic E-state index is -1.68. The number of aryl methyl sites for hydroxylation is 1. The number of aromatic nitrogens is 2. The van der Waals surface area contributed by atoms with Crippen LogP contribution in [0.25, 0.3) is 10.4 Å². The molecule has 0 aromatic carbocycles. The first-order chi connectivity index (χ1) is 15.9. The Morgan fingerprint density at radius 2 is 1.91 bits per heavy atom. The van der Waals surface area contributed by atoms with Gasteiger partial charge in [0.05, 0.1) is 12.5 Å². The number of unbranched alkanes of at least 4 members (excludes halogenated alkanes) is 8. The number of Topliss-reactive ketones (excluding diaryl/α,β-unsaturated/α-hetero) is 1. The van der Waals surface area contributed by atoms with Crippen LogP contribution in [0.4, 0.5) is 4.39 Å². The van der Waals surface area contributed by atoms with Crippen molar-refractivity contribution in [2.75, 3.05) is 13.2 Å². The van der Waals surface area contributed by atoms with E-state index in [0.717, 1.165) is 55.9 Å². The number of aliphatic hydroxyl groups is 1. The normalized spacial score (nSPS) is 21.0. The number of hydrogen-bond donors (Lipinski definition) is 2. The fraction of sp³-hybridized carbons (Fsp3) is 0.773. The Balaban J connectivity index is 1.66. The predicted octanol–water partition coefficient (Wildman–Crippen LogP) is 4.84. The maximum Gasteiger partial charge on any atom is 0.328 e. The van der Waals surface area contributed by atoms with E-state index >= 15 is 0 Å². The molecule has 1 aliphatic rings. The van der Waals surface area contributed by atoms with Crippen LogP contribution in [0, 0.1) is 17.5 Å². The Morgan fingerprint density at radius 1 is 1.30 bits per heavy atom. The number of ether oxygens (including phenoxy) is 1. The Morgan fingerprint density at radius 3 is 2.55 bits per heavy atom. The molecule has 2 N–H and O–H groups in total. The summed E-state index contributed by atoms with van der Waals surface area (Å²) in [7, 11) is 0. The monoisotopic (exact) mass is 483 g/mol. The molecule has 0 bridgehead atoms. The summed E-state index contributed by atoms with van der Waals surface area (Å²) in [5.74, 6) is -1.12. The molecule has 0 amide bonds. The first kappa shape index (κ1) is 27.2. The van der Waals surface area contributed by atoms with Crippen LogP contribution in [0.15, 0.2) is 16.1 Å². The van der Waals surface area contributed by atoms with Crippen LogP contribution in [-0.2, 0) is 9.53 Å². The molecular formula is C22H34FN5O4S. The van der Waals surface area contributed by atoms with Gasteiger partial charge in [-0.1, -0.05) is 62.3 Å². The zero-order chi connectivity index (χ0) is 24.2.